The molecule has 0 spiro atoms. The summed E-state index contributed by atoms with van der Waals surface area (Å²) in [4.78, 5) is 24.1. The Hall–Kier alpha value is -3.15. The summed E-state index contributed by atoms with van der Waals surface area (Å²) in [5.74, 6) is -2.24. The molecule has 2 amide bonds. The van der Waals surface area contributed by atoms with E-state index in [1.54, 1.807) is 18.2 Å². The Morgan fingerprint density at radius 3 is 2.40 bits per heavy atom. The van der Waals surface area contributed by atoms with Crippen LogP contribution in [0.2, 0.25) is 0 Å². The first-order chi connectivity index (χ1) is 12.0. The number of allylic oxidation sites excluding steroid dienone is 1. The first-order valence-electron chi connectivity index (χ1n) is 7.77. The third kappa shape index (κ3) is 4.67. The van der Waals surface area contributed by atoms with Gasteiger partial charge in [-0.2, -0.15) is 0 Å². The molecule has 25 heavy (non-hydrogen) atoms. The summed E-state index contributed by atoms with van der Waals surface area (Å²) < 4.78 is 13.6. The molecule has 2 aromatic carbocycles. The summed E-state index contributed by atoms with van der Waals surface area (Å²) in [5.41, 5.74) is 0.987. The molecule has 0 bridgehead atoms. The zero-order chi connectivity index (χ0) is 18.2. The highest BCUT2D eigenvalue weighted by atomic mass is 19.1. The van der Waals surface area contributed by atoms with Crippen molar-refractivity contribution in [3.05, 3.63) is 77.6 Å². The molecule has 0 radical (unpaired) electrons. The topological polar surface area (TPSA) is 78.4 Å². The van der Waals surface area contributed by atoms with E-state index >= 15 is 0 Å². The van der Waals surface area contributed by atoms with Crippen molar-refractivity contribution in [2.75, 3.05) is 13.1 Å². The highest BCUT2D eigenvalue weighted by molar-refractivity contribution is 5.97. The van der Waals surface area contributed by atoms with Crippen LogP contribution in [0.25, 0.3) is 0 Å². The van der Waals surface area contributed by atoms with E-state index in [1.807, 2.05) is 12.1 Å². The zero-order valence-corrected chi connectivity index (χ0v) is 13.6. The average Bonchev–Trinajstić information content (AvgIpc) is 2.59. The number of rotatable bonds is 7. The fraction of sp³-hybridized carbons (Fsp3) is 0.158. The number of hydrogen-bond donors (Lipinski definition) is 3. The van der Waals surface area contributed by atoms with E-state index in [1.165, 1.54) is 12.1 Å². The van der Waals surface area contributed by atoms with E-state index in [-0.39, 0.29) is 19.0 Å². The molecular formula is C19H19FN2O3. The third-order valence-electron chi connectivity index (χ3n) is 3.54. The van der Waals surface area contributed by atoms with Crippen molar-refractivity contribution in [3.63, 3.8) is 0 Å². The van der Waals surface area contributed by atoms with E-state index in [4.69, 9.17) is 0 Å². The van der Waals surface area contributed by atoms with Crippen molar-refractivity contribution in [2.24, 2.45) is 0 Å². The van der Waals surface area contributed by atoms with Gasteiger partial charge < -0.3 is 15.7 Å². The van der Waals surface area contributed by atoms with Crippen molar-refractivity contribution >= 4 is 11.8 Å². The summed E-state index contributed by atoms with van der Waals surface area (Å²) in [7, 11) is 0. The van der Waals surface area contributed by atoms with Gasteiger partial charge in [0.2, 0.25) is 0 Å². The molecule has 0 saturated carbocycles. The van der Waals surface area contributed by atoms with E-state index in [0.717, 1.165) is 11.6 Å². The third-order valence-corrected chi connectivity index (χ3v) is 3.54. The van der Waals surface area contributed by atoms with Crippen molar-refractivity contribution in [1.82, 2.24) is 10.6 Å². The zero-order valence-electron chi connectivity index (χ0n) is 13.6. The minimum Gasteiger partial charge on any atom is -0.507 e. The van der Waals surface area contributed by atoms with Gasteiger partial charge in [0, 0.05) is 18.7 Å². The molecule has 0 fully saturated rings. The van der Waals surface area contributed by atoms with Crippen LogP contribution in [0.5, 0.6) is 5.75 Å². The molecule has 2 aromatic rings. The Morgan fingerprint density at radius 2 is 1.72 bits per heavy atom. The molecular weight excluding hydrogens is 323 g/mol. The number of amides is 2. The van der Waals surface area contributed by atoms with Gasteiger partial charge >= 0.3 is 0 Å². The smallest absolute Gasteiger partial charge is 0.258 e. The first-order valence-corrected chi connectivity index (χ1v) is 7.77. The maximum Gasteiger partial charge on any atom is 0.258 e. The van der Waals surface area contributed by atoms with Crippen LogP contribution in [0, 0.1) is 5.82 Å². The molecule has 0 heterocycles. The Kier molecular flexibility index (Phi) is 6.28. The molecule has 0 aliphatic rings. The Balaban J connectivity index is 1.88. The maximum atomic E-state index is 13.6. The van der Waals surface area contributed by atoms with Gasteiger partial charge in [0.05, 0.1) is 0 Å². The number of aromatic hydroxyl groups is 1. The van der Waals surface area contributed by atoms with Gasteiger partial charge in [-0.25, -0.2) is 4.39 Å². The molecule has 0 aliphatic heterocycles. The summed E-state index contributed by atoms with van der Waals surface area (Å²) in [6.07, 6.45) is 2.29. The van der Waals surface area contributed by atoms with Crippen LogP contribution < -0.4 is 10.6 Å². The van der Waals surface area contributed by atoms with Crippen LogP contribution in [0.15, 0.2) is 55.1 Å². The predicted molar refractivity (Wildman–Crippen MR) is 93.1 cm³/mol. The van der Waals surface area contributed by atoms with Gasteiger partial charge in [-0.15, -0.1) is 6.58 Å². The number of benzene rings is 2. The fourth-order valence-electron chi connectivity index (χ4n) is 2.35. The van der Waals surface area contributed by atoms with E-state index in [9.17, 15) is 19.1 Å². The highest BCUT2D eigenvalue weighted by Crippen LogP contribution is 2.19. The van der Waals surface area contributed by atoms with Gasteiger partial charge in [0.15, 0.2) is 0 Å². The average molecular weight is 342 g/mol. The molecule has 0 aromatic heterocycles. The van der Waals surface area contributed by atoms with Crippen LogP contribution in [-0.4, -0.2) is 30.0 Å². The van der Waals surface area contributed by atoms with Crippen LogP contribution >= 0.6 is 0 Å². The van der Waals surface area contributed by atoms with Crippen LogP contribution in [0.1, 0.15) is 26.3 Å². The van der Waals surface area contributed by atoms with E-state index in [0.29, 0.717) is 12.0 Å². The van der Waals surface area contributed by atoms with E-state index in [2.05, 4.69) is 17.2 Å². The highest BCUT2D eigenvalue weighted by Gasteiger charge is 2.16. The van der Waals surface area contributed by atoms with Crippen LogP contribution in [0.3, 0.4) is 0 Å². The van der Waals surface area contributed by atoms with Gasteiger partial charge in [-0.3, -0.25) is 9.59 Å². The number of hydrogen-bond acceptors (Lipinski definition) is 3. The fourth-order valence-corrected chi connectivity index (χ4v) is 2.35. The number of carbonyl (C=O) groups excluding carboxylic acids is 2. The number of carbonyl (C=O) groups is 2. The Labute approximate surface area is 145 Å². The summed E-state index contributed by atoms with van der Waals surface area (Å²) in [6.45, 7) is 3.93. The number of halogens is 1. The molecule has 3 N–H and O–H groups in total. The largest absolute Gasteiger partial charge is 0.507 e. The number of nitrogens with one attached hydrogen (secondary N) is 2. The first kappa shape index (κ1) is 18.2. The monoisotopic (exact) mass is 342 g/mol. The standard InChI is InChI=1S/C19H19FN2O3/c1-2-6-13-7-3-4-8-14(13)18(24)21-11-12-22-19(25)17-15(20)9-5-10-16(17)23/h2-5,7-10,23H,1,6,11-12H2,(H,21,24)(H,22,25). The van der Waals surface area contributed by atoms with E-state index < -0.39 is 23.0 Å². The molecule has 5 nitrogen and oxygen atoms in total. The molecule has 0 unspecified atom stereocenters. The van der Waals surface area contributed by atoms with Crippen LogP contribution in [-0.2, 0) is 6.42 Å². The van der Waals surface area contributed by atoms with Gasteiger partial charge in [0.1, 0.15) is 17.1 Å². The molecule has 0 aliphatic carbocycles. The van der Waals surface area contributed by atoms with Gasteiger partial charge in [-0.05, 0) is 30.2 Å². The molecule has 0 saturated heterocycles. The van der Waals surface area contributed by atoms with Gasteiger partial charge in [0.25, 0.3) is 11.8 Å². The summed E-state index contributed by atoms with van der Waals surface area (Å²) in [5, 5.41) is 14.7. The molecule has 130 valence electrons. The van der Waals surface area contributed by atoms with Crippen molar-refractivity contribution in [1.29, 1.82) is 0 Å². The maximum absolute atomic E-state index is 13.6. The quantitative estimate of drug-likeness (QED) is 0.534. The lowest BCUT2D eigenvalue weighted by Gasteiger charge is -2.10. The normalized spacial score (nSPS) is 10.1. The second-order valence-electron chi connectivity index (χ2n) is 5.30. The molecule has 6 heteroatoms. The van der Waals surface area contributed by atoms with Crippen molar-refractivity contribution < 1.29 is 19.1 Å². The van der Waals surface area contributed by atoms with Crippen molar-refractivity contribution in [2.45, 2.75) is 6.42 Å². The number of phenolic OH excluding ortho intramolecular Hbond substituents is 1. The SMILES string of the molecule is C=CCc1ccccc1C(=O)NCCNC(=O)c1c(O)cccc1F. The molecule has 2 rings (SSSR count). The molecule has 0 atom stereocenters. The minimum absolute atomic E-state index is 0.0992. The predicted octanol–water partition coefficient (Wildman–Crippen LogP) is 2.42. The van der Waals surface area contributed by atoms with Crippen molar-refractivity contribution in [3.8, 4) is 5.75 Å². The summed E-state index contributed by atoms with van der Waals surface area (Å²) in [6, 6.07) is 10.8. The van der Waals surface area contributed by atoms with Gasteiger partial charge in [-0.1, -0.05) is 30.3 Å². The Bertz CT molecular complexity index is 770. The lowest BCUT2D eigenvalue weighted by atomic mass is 10.0. The minimum atomic E-state index is -0.806. The lowest BCUT2D eigenvalue weighted by molar-refractivity contribution is 0.0923. The summed E-state index contributed by atoms with van der Waals surface area (Å²) >= 11 is 0. The Morgan fingerprint density at radius 1 is 1.04 bits per heavy atom. The van der Waals surface area contributed by atoms with Crippen LogP contribution in [0.4, 0.5) is 4.39 Å². The second kappa shape index (κ2) is 8.63. The number of phenols is 1. The lowest BCUT2D eigenvalue weighted by Crippen LogP contribution is -2.35. The second-order valence-corrected chi connectivity index (χ2v) is 5.30.